The second kappa shape index (κ2) is 6.47. The van der Waals surface area contributed by atoms with Gasteiger partial charge in [-0.2, -0.15) is 0 Å². The Hall–Kier alpha value is -0.460. The SMILES string of the molecule is CC(CCNS(C)(=O)=O)C(=O)C1CCNCC1. The number of nitrogens with one attached hydrogen (secondary N) is 2. The number of hydrogen-bond acceptors (Lipinski definition) is 4. The van der Waals surface area contributed by atoms with Crippen molar-refractivity contribution >= 4 is 15.8 Å². The van der Waals surface area contributed by atoms with Crippen molar-refractivity contribution in [2.75, 3.05) is 25.9 Å². The van der Waals surface area contributed by atoms with Crippen LogP contribution in [0.2, 0.25) is 0 Å². The molecule has 0 aromatic carbocycles. The molecule has 1 unspecified atom stereocenters. The summed E-state index contributed by atoms with van der Waals surface area (Å²) in [5.41, 5.74) is 0. The first-order valence-electron chi connectivity index (χ1n) is 6.09. The predicted octanol–water partition coefficient (Wildman–Crippen LogP) is 0.131. The molecule has 5 nitrogen and oxygen atoms in total. The van der Waals surface area contributed by atoms with Gasteiger partial charge >= 0.3 is 0 Å². The van der Waals surface area contributed by atoms with Crippen LogP contribution in [-0.2, 0) is 14.8 Å². The molecule has 1 heterocycles. The zero-order valence-electron chi connectivity index (χ0n) is 10.5. The quantitative estimate of drug-likeness (QED) is 0.713. The van der Waals surface area contributed by atoms with E-state index >= 15 is 0 Å². The second-order valence-electron chi connectivity index (χ2n) is 4.78. The van der Waals surface area contributed by atoms with Crippen LogP contribution in [0.25, 0.3) is 0 Å². The van der Waals surface area contributed by atoms with Gasteiger partial charge in [0.05, 0.1) is 6.26 Å². The minimum atomic E-state index is -3.14. The third-order valence-corrected chi connectivity index (χ3v) is 3.90. The summed E-state index contributed by atoms with van der Waals surface area (Å²) in [6.45, 7) is 4.04. The summed E-state index contributed by atoms with van der Waals surface area (Å²) >= 11 is 0. The number of Topliss-reactive ketones (excluding diaryl/α,β-unsaturated/α-hetero) is 1. The third-order valence-electron chi connectivity index (χ3n) is 3.17. The summed E-state index contributed by atoms with van der Waals surface area (Å²) in [7, 11) is -3.14. The second-order valence-corrected chi connectivity index (χ2v) is 6.62. The molecule has 100 valence electrons. The van der Waals surface area contributed by atoms with Gasteiger partial charge in [-0.3, -0.25) is 4.79 Å². The minimum absolute atomic E-state index is 0.0626. The van der Waals surface area contributed by atoms with E-state index in [4.69, 9.17) is 0 Å². The van der Waals surface area contributed by atoms with Gasteiger partial charge < -0.3 is 5.32 Å². The van der Waals surface area contributed by atoms with E-state index in [1.807, 2.05) is 6.92 Å². The summed E-state index contributed by atoms with van der Waals surface area (Å²) in [5, 5.41) is 3.23. The van der Waals surface area contributed by atoms with Gasteiger partial charge in [-0.15, -0.1) is 0 Å². The number of carbonyl (C=O) groups excluding carboxylic acids is 1. The lowest BCUT2D eigenvalue weighted by Crippen LogP contribution is -2.35. The van der Waals surface area contributed by atoms with Crippen molar-refractivity contribution in [3.05, 3.63) is 0 Å². The molecule has 2 N–H and O–H groups in total. The molecular weight excluding hydrogens is 240 g/mol. The highest BCUT2D eigenvalue weighted by atomic mass is 32.2. The highest BCUT2D eigenvalue weighted by Crippen LogP contribution is 2.19. The molecule has 1 aliphatic heterocycles. The number of ketones is 1. The van der Waals surface area contributed by atoms with Crippen LogP contribution in [0.15, 0.2) is 0 Å². The average Bonchev–Trinajstić information content (AvgIpc) is 2.27. The maximum atomic E-state index is 12.0. The van der Waals surface area contributed by atoms with Crippen molar-refractivity contribution in [1.82, 2.24) is 10.0 Å². The molecule has 17 heavy (non-hydrogen) atoms. The molecule has 1 fully saturated rings. The van der Waals surface area contributed by atoms with Gasteiger partial charge in [0.1, 0.15) is 5.78 Å². The van der Waals surface area contributed by atoms with Crippen molar-refractivity contribution in [3.8, 4) is 0 Å². The lowest BCUT2D eigenvalue weighted by atomic mass is 9.86. The molecular formula is C11H22N2O3S. The van der Waals surface area contributed by atoms with Crippen molar-refractivity contribution in [2.24, 2.45) is 11.8 Å². The molecule has 0 radical (unpaired) electrons. The summed E-state index contributed by atoms with van der Waals surface area (Å²) in [4.78, 5) is 12.0. The number of hydrogen-bond donors (Lipinski definition) is 2. The van der Waals surface area contributed by atoms with E-state index in [1.54, 1.807) is 0 Å². The Morgan fingerprint density at radius 1 is 1.41 bits per heavy atom. The first-order chi connectivity index (χ1) is 7.90. The number of sulfonamides is 1. The van der Waals surface area contributed by atoms with Crippen LogP contribution in [0.5, 0.6) is 0 Å². The Bertz CT molecular complexity index is 348. The van der Waals surface area contributed by atoms with E-state index in [0.717, 1.165) is 32.2 Å². The summed E-state index contributed by atoms with van der Waals surface area (Å²) in [5.74, 6) is 0.374. The van der Waals surface area contributed by atoms with Gasteiger partial charge in [0.15, 0.2) is 0 Å². The summed E-state index contributed by atoms with van der Waals surface area (Å²) in [6.07, 6.45) is 3.52. The maximum absolute atomic E-state index is 12.0. The van der Waals surface area contributed by atoms with Gasteiger partial charge in [-0.1, -0.05) is 6.92 Å². The van der Waals surface area contributed by atoms with Crippen LogP contribution >= 0.6 is 0 Å². The van der Waals surface area contributed by atoms with Crippen LogP contribution in [0.4, 0.5) is 0 Å². The van der Waals surface area contributed by atoms with Crippen LogP contribution in [0.1, 0.15) is 26.2 Å². The number of rotatable bonds is 6. The fourth-order valence-corrected chi connectivity index (χ4v) is 2.60. The van der Waals surface area contributed by atoms with Crippen LogP contribution < -0.4 is 10.0 Å². The monoisotopic (exact) mass is 262 g/mol. The molecule has 0 amide bonds. The normalized spacial score (nSPS) is 20.1. The summed E-state index contributed by atoms with van der Waals surface area (Å²) < 4.78 is 24.2. The molecule has 0 aliphatic carbocycles. The average molecular weight is 262 g/mol. The molecule has 6 heteroatoms. The van der Waals surface area contributed by atoms with Gasteiger partial charge in [0.25, 0.3) is 0 Å². The van der Waals surface area contributed by atoms with Gasteiger partial charge in [0, 0.05) is 18.4 Å². The smallest absolute Gasteiger partial charge is 0.208 e. The van der Waals surface area contributed by atoms with Crippen molar-refractivity contribution in [2.45, 2.75) is 26.2 Å². The third kappa shape index (κ3) is 5.61. The van der Waals surface area contributed by atoms with E-state index in [0.29, 0.717) is 13.0 Å². The Morgan fingerprint density at radius 3 is 2.53 bits per heavy atom. The predicted molar refractivity (Wildman–Crippen MR) is 67.2 cm³/mol. The fraction of sp³-hybridized carbons (Fsp3) is 0.909. The van der Waals surface area contributed by atoms with Gasteiger partial charge in [-0.25, -0.2) is 13.1 Å². The largest absolute Gasteiger partial charge is 0.317 e. The van der Waals surface area contributed by atoms with Crippen molar-refractivity contribution < 1.29 is 13.2 Å². The lowest BCUT2D eigenvalue weighted by Gasteiger charge is -2.24. The van der Waals surface area contributed by atoms with E-state index in [2.05, 4.69) is 10.0 Å². The van der Waals surface area contributed by atoms with Gasteiger partial charge in [-0.05, 0) is 32.4 Å². The molecule has 0 saturated carbocycles. The lowest BCUT2D eigenvalue weighted by molar-refractivity contribution is -0.127. The molecule has 0 aromatic rings. The van der Waals surface area contributed by atoms with E-state index in [1.165, 1.54) is 0 Å². The molecule has 0 aromatic heterocycles. The molecule has 1 atom stereocenters. The maximum Gasteiger partial charge on any atom is 0.208 e. The molecule has 1 aliphatic rings. The first kappa shape index (κ1) is 14.6. The molecule has 0 spiro atoms. The van der Waals surface area contributed by atoms with Crippen molar-refractivity contribution in [3.63, 3.8) is 0 Å². The van der Waals surface area contributed by atoms with Gasteiger partial charge in [0.2, 0.25) is 10.0 Å². The zero-order chi connectivity index (χ0) is 12.9. The standard InChI is InChI=1S/C11H22N2O3S/c1-9(3-8-13-17(2,15)16)11(14)10-4-6-12-7-5-10/h9-10,12-13H,3-8H2,1-2H3. The molecule has 0 bridgehead atoms. The van der Waals surface area contributed by atoms with E-state index in [9.17, 15) is 13.2 Å². The number of carbonyl (C=O) groups is 1. The van der Waals surface area contributed by atoms with E-state index in [-0.39, 0.29) is 17.6 Å². The zero-order valence-corrected chi connectivity index (χ0v) is 11.3. The Morgan fingerprint density at radius 2 is 2.00 bits per heavy atom. The van der Waals surface area contributed by atoms with Crippen molar-refractivity contribution in [1.29, 1.82) is 0 Å². The van der Waals surface area contributed by atoms with E-state index < -0.39 is 10.0 Å². The minimum Gasteiger partial charge on any atom is -0.317 e. The van der Waals surface area contributed by atoms with Crippen LogP contribution in [0.3, 0.4) is 0 Å². The topological polar surface area (TPSA) is 75.3 Å². The highest BCUT2D eigenvalue weighted by Gasteiger charge is 2.25. The number of piperidine rings is 1. The summed E-state index contributed by atoms with van der Waals surface area (Å²) in [6, 6.07) is 0. The first-order valence-corrected chi connectivity index (χ1v) is 7.98. The fourth-order valence-electron chi connectivity index (χ4n) is 2.11. The Balaban J connectivity index is 2.31. The molecule has 1 rings (SSSR count). The van der Waals surface area contributed by atoms with Crippen LogP contribution in [0, 0.1) is 11.8 Å². The highest BCUT2D eigenvalue weighted by molar-refractivity contribution is 7.88. The Labute approximate surface area is 103 Å². The Kier molecular flexibility index (Phi) is 5.55. The molecule has 1 saturated heterocycles. The van der Waals surface area contributed by atoms with Crippen LogP contribution in [-0.4, -0.2) is 40.1 Å².